The lowest BCUT2D eigenvalue weighted by Gasteiger charge is -2.38. The molecular formula is C15H22BrNO2. The van der Waals surface area contributed by atoms with E-state index in [1.165, 1.54) is 6.42 Å². The van der Waals surface area contributed by atoms with Crippen LogP contribution in [0.15, 0.2) is 16.7 Å². The predicted octanol–water partition coefficient (Wildman–Crippen LogP) is 3.93. The van der Waals surface area contributed by atoms with Crippen molar-refractivity contribution in [1.29, 1.82) is 0 Å². The zero-order valence-corrected chi connectivity index (χ0v) is 13.4. The average molecular weight is 328 g/mol. The van der Waals surface area contributed by atoms with Crippen LogP contribution in [0.1, 0.15) is 45.6 Å². The molecule has 1 N–H and O–H groups in total. The lowest BCUT2D eigenvalue weighted by molar-refractivity contribution is 0.0516. The molecule has 1 heterocycles. The number of aliphatic hydroxyl groups excluding tert-OH is 1. The molecule has 2 rings (SSSR count). The topological polar surface area (TPSA) is 42.4 Å². The first kappa shape index (κ1) is 14.8. The normalized spacial score (nSPS) is 26.2. The molecule has 1 saturated carbocycles. The maximum absolute atomic E-state index is 9.39. The Bertz CT molecular complexity index is 448. The first-order valence-corrected chi connectivity index (χ1v) is 7.61. The molecule has 1 aliphatic rings. The second kappa shape index (κ2) is 5.80. The number of rotatable bonds is 3. The number of halogens is 1. The summed E-state index contributed by atoms with van der Waals surface area (Å²) in [4.78, 5) is 4.29. The summed E-state index contributed by atoms with van der Waals surface area (Å²) in [6.45, 7) is 6.81. The summed E-state index contributed by atoms with van der Waals surface area (Å²) in [5, 5.41) is 9.39. The Morgan fingerprint density at radius 3 is 2.84 bits per heavy atom. The highest BCUT2D eigenvalue weighted by molar-refractivity contribution is 9.10. The fourth-order valence-corrected chi connectivity index (χ4v) is 3.57. The average Bonchev–Trinajstić information content (AvgIpc) is 2.28. The number of aromatic nitrogens is 1. The zero-order chi connectivity index (χ0) is 14.0. The van der Waals surface area contributed by atoms with Crippen LogP contribution >= 0.6 is 15.9 Å². The molecule has 2 atom stereocenters. The van der Waals surface area contributed by atoms with Gasteiger partial charge in [-0.05, 0) is 52.6 Å². The van der Waals surface area contributed by atoms with E-state index in [4.69, 9.17) is 4.74 Å². The molecule has 0 spiro atoms. The van der Waals surface area contributed by atoms with E-state index in [1.807, 2.05) is 6.07 Å². The van der Waals surface area contributed by atoms with Gasteiger partial charge in [0.2, 0.25) is 5.88 Å². The summed E-state index contributed by atoms with van der Waals surface area (Å²) in [6.07, 6.45) is 5.25. The van der Waals surface area contributed by atoms with Crippen LogP contribution in [0, 0.1) is 11.3 Å². The molecule has 1 aliphatic carbocycles. The highest BCUT2D eigenvalue weighted by Gasteiger charge is 2.33. The Morgan fingerprint density at radius 1 is 1.47 bits per heavy atom. The first-order valence-electron chi connectivity index (χ1n) is 6.81. The van der Waals surface area contributed by atoms with Gasteiger partial charge in [-0.2, -0.15) is 0 Å². The van der Waals surface area contributed by atoms with Crippen molar-refractivity contribution in [3.05, 3.63) is 22.3 Å². The summed E-state index contributed by atoms with van der Waals surface area (Å²) in [7, 11) is 0. The van der Waals surface area contributed by atoms with Crippen molar-refractivity contribution >= 4 is 15.9 Å². The maximum atomic E-state index is 9.39. The summed E-state index contributed by atoms with van der Waals surface area (Å²) < 4.78 is 6.91. The molecule has 1 aromatic heterocycles. The van der Waals surface area contributed by atoms with E-state index in [-0.39, 0.29) is 12.7 Å². The number of pyridine rings is 1. The molecule has 1 fully saturated rings. The largest absolute Gasteiger partial charge is 0.474 e. The van der Waals surface area contributed by atoms with Crippen LogP contribution in [0.5, 0.6) is 5.88 Å². The number of ether oxygens (including phenoxy) is 1. The van der Waals surface area contributed by atoms with Gasteiger partial charge in [0, 0.05) is 16.2 Å². The predicted molar refractivity (Wildman–Crippen MR) is 79.1 cm³/mol. The van der Waals surface area contributed by atoms with Crippen LogP contribution in [0.3, 0.4) is 0 Å². The first-order chi connectivity index (χ1) is 8.89. The minimum Gasteiger partial charge on any atom is -0.474 e. The zero-order valence-electron chi connectivity index (χ0n) is 11.8. The SMILES string of the molecule is CC1CC(Oc2ncc(Br)cc2CO)CC(C)(C)C1. The van der Waals surface area contributed by atoms with E-state index < -0.39 is 0 Å². The molecule has 0 aromatic carbocycles. The molecule has 0 bridgehead atoms. The fraction of sp³-hybridized carbons (Fsp3) is 0.667. The lowest BCUT2D eigenvalue weighted by atomic mass is 9.71. The minimum absolute atomic E-state index is 0.0482. The van der Waals surface area contributed by atoms with Crippen molar-refractivity contribution in [2.45, 2.75) is 52.7 Å². The van der Waals surface area contributed by atoms with Gasteiger partial charge in [0.05, 0.1) is 6.61 Å². The van der Waals surface area contributed by atoms with Crippen molar-refractivity contribution in [3.63, 3.8) is 0 Å². The van der Waals surface area contributed by atoms with Crippen molar-refractivity contribution in [2.24, 2.45) is 11.3 Å². The third kappa shape index (κ3) is 3.93. The second-order valence-corrected chi connectivity index (χ2v) is 7.34. The van der Waals surface area contributed by atoms with E-state index in [2.05, 4.69) is 41.7 Å². The molecule has 0 aliphatic heterocycles. The van der Waals surface area contributed by atoms with Crippen LogP contribution in [0.2, 0.25) is 0 Å². The third-order valence-electron chi connectivity index (χ3n) is 3.69. The van der Waals surface area contributed by atoms with E-state index >= 15 is 0 Å². The van der Waals surface area contributed by atoms with Crippen molar-refractivity contribution in [1.82, 2.24) is 4.98 Å². The Morgan fingerprint density at radius 2 is 2.21 bits per heavy atom. The highest BCUT2D eigenvalue weighted by atomic mass is 79.9. The van der Waals surface area contributed by atoms with E-state index in [0.717, 1.165) is 22.9 Å². The third-order valence-corrected chi connectivity index (χ3v) is 4.12. The van der Waals surface area contributed by atoms with Gasteiger partial charge >= 0.3 is 0 Å². The molecule has 4 heteroatoms. The lowest BCUT2D eigenvalue weighted by Crippen LogP contribution is -2.34. The van der Waals surface area contributed by atoms with E-state index in [9.17, 15) is 5.11 Å². The quantitative estimate of drug-likeness (QED) is 0.914. The molecule has 106 valence electrons. The van der Waals surface area contributed by atoms with Gasteiger partial charge in [-0.3, -0.25) is 0 Å². The van der Waals surface area contributed by atoms with Crippen LogP contribution in [-0.4, -0.2) is 16.2 Å². The molecule has 1 aromatic rings. The van der Waals surface area contributed by atoms with Crippen molar-refractivity contribution in [2.75, 3.05) is 0 Å². The van der Waals surface area contributed by atoms with Gasteiger partial charge in [-0.25, -0.2) is 4.98 Å². The van der Waals surface area contributed by atoms with Crippen LogP contribution in [0.4, 0.5) is 0 Å². The van der Waals surface area contributed by atoms with E-state index in [0.29, 0.717) is 17.2 Å². The monoisotopic (exact) mass is 327 g/mol. The second-order valence-electron chi connectivity index (χ2n) is 6.43. The molecule has 3 nitrogen and oxygen atoms in total. The molecule has 0 amide bonds. The molecular weight excluding hydrogens is 306 g/mol. The van der Waals surface area contributed by atoms with Crippen molar-refractivity contribution in [3.8, 4) is 5.88 Å². The summed E-state index contributed by atoms with van der Waals surface area (Å²) >= 11 is 3.36. The Hall–Kier alpha value is -0.610. The van der Waals surface area contributed by atoms with Gasteiger partial charge in [-0.15, -0.1) is 0 Å². The highest BCUT2D eigenvalue weighted by Crippen LogP contribution is 2.40. The van der Waals surface area contributed by atoms with Gasteiger partial charge < -0.3 is 9.84 Å². The van der Waals surface area contributed by atoms with Crippen LogP contribution in [-0.2, 0) is 6.61 Å². The van der Waals surface area contributed by atoms with Gasteiger partial charge in [0.1, 0.15) is 6.10 Å². The standard InChI is InChI=1S/C15H22BrNO2/c1-10-4-13(7-15(2,3)6-10)19-14-11(9-18)5-12(16)8-17-14/h5,8,10,13,18H,4,6-7,9H2,1-3H3. The number of aliphatic hydroxyl groups is 1. The maximum Gasteiger partial charge on any atom is 0.219 e. The Balaban J connectivity index is 2.12. The molecule has 0 saturated heterocycles. The van der Waals surface area contributed by atoms with Crippen molar-refractivity contribution < 1.29 is 9.84 Å². The number of nitrogens with zero attached hydrogens (tertiary/aromatic N) is 1. The number of hydrogen-bond acceptors (Lipinski definition) is 3. The van der Waals surface area contributed by atoms with Crippen LogP contribution in [0.25, 0.3) is 0 Å². The number of hydrogen-bond donors (Lipinski definition) is 1. The fourth-order valence-electron chi connectivity index (χ4n) is 3.19. The van der Waals surface area contributed by atoms with Gasteiger partial charge in [0.25, 0.3) is 0 Å². The van der Waals surface area contributed by atoms with Crippen LogP contribution < -0.4 is 4.74 Å². The van der Waals surface area contributed by atoms with Gasteiger partial charge in [-0.1, -0.05) is 20.8 Å². The Kier molecular flexibility index (Phi) is 4.51. The molecule has 19 heavy (non-hydrogen) atoms. The van der Waals surface area contributed by atoms with Gasteiger partial charge in [0.15, 0.2) is 0 Å². The summed E-state index contributed by atoms with van der Waals surface area (Å²) in [5.41, 5.74) is 1.06. The Labute approximate surface area is 123 Å². The summed E-state index contributed by atoms with van der Waals surface area (Å²) in [5.74, 6) is 1.24. The van der Waals surface area contributed by atoms with E-state index in [1.54, 1.807) is 6.20 Å². The smallest absolute Gasteiger partial charge is 0.219 e. The summed E-state index contributed by atoms with van der Waals surface area (Å²) in [6, 6.07) is 1.86. The molecule has 0 radical (unpaired) electrons. The molecule has 2 unspecified atom stereocenters. The minimum atomic E-state index is -0.0482.